The van der Waals surface area contributed by atoms with E-state index in [4.69, 9.17) is 9.90 Å². The molecule has 8 nitrogen and oxygen atoms in total. The minimum Gasteiger partial charge on any atom is -0.478 e. The average molecular weight is 508 g/mol. The topological polar surface area (TPSA) is 124 Å². The van der Waals surface area contributed by atoms with Gasteiger partial charge >= 0.3 is 18.1 Å². The molecular weight excluding hydrogens is 484 g/mol. The minimum atomic E-state index is -5.08. The molecule has 0 aromatic heterocycles. The van der Waals surface area contributed by atoms with Gasteiger partial charge in [-0.3, -0.25) is 4.72 Å². The van der Waals surface area contributed by atoms with Gasteiger partial charge in [-0.25, -0.2) is 22.4 Å². The van der Waals surface area contributed by atoms with Gasteiger partial charge in [0.15, 0.2) is 0 Å². The van der Waals surface area contributed by atoms with Crippen molar-refractivity contribution in [3.05, 3.63) is 53.3 Å². The molecule has 2 rings (SSSR count). The van der Waals surface area contributed by atoms with E-state index in [-0.39, 0.29) is 16.1 Å². The maximum absolute atomic E-state index is 13.5. The van der Waals surface area contributed by atoms with Crippen molar-refractivity contribution in [3.8, 4) is 0 Å². The molecule has 0 bridgehead atoms. The molecule has 2 aromatic carbocycles. The lowest BCUT2D eigenvalue weighted by molar-refractivity contribution is -0.192. The van der Waals surface area contributed by atoms with Gasteiger partial charge in [-0.1, -0.05) is 19.4 Å². The van der Waals surface area contributed by atoms with E-state index in [9.17, 15) is 35.9 Å². The predicted octanol–water partition coefficient (Wildman–Crippen LogP) is 4.50. The number of hydrogen-bond donors (Lipinski definition) is 3. The molecule has 0 saturated heterocycles. The third kappa shape index (κ3) is 8.21. The second kappa shape index (κ2) is 11.7. The van der Waals surface area contributed by atoms with Crippen LogP contribution in [-0.2, 0) is 14.8 Å². The van der Waals surface area contributed by atoms with Crippen molar-refractivity contribution >= 4 is 33.3 Å². The Morgan fingerprint density at radius 3 is 2.18 bits per heavy atom. The van der Waals surface area contributed by atoms with Crippen molar-refractivity contribution in [2.45, 2.75) is 37.8 Å². The number of hydrogen-bond acceptors (Lipinski definition) is 5. The zero-order valence-electron chi connectivity index (χ0n) is 18.5. The van der Waals surface area contributed by atoms with Gasteiger partial charge in [0.1, 0.15) is 5.82 Å². The molecule has 0 unspecified atom stereocenters. The van der Waals surface area contributed by atoms with Crippen LogP contribution in [0.1, 0.15) is 35.7 Å². The number of nitrogens with zero attached hydrogens (tertiary/aromatic N) is 1. The number of nitrogens with one attached hydrogen (secondary N) is 1. The monoisotopic (exact) mass is 508 g/mol. The number of halogens is 4. The summed E-state index contributed by atoms with van der Waals surface area (Å²) in [5.41, 5.74) is 0.979. The van der Waals surface area contributed by atoms with Crippen LogP contribution >= 0.6 is 0 Å². The maximum Gasteiger partial charge on any atom is 0.490 e. The smallest absolute Gasteiger partial charge is 0.478 e. The number of aromatic carboxylic acids is 1. The van der Waals surface area contributed by atoms with Crippen LogP contribution < -0.4 is 9.62 Å². The van der Waals surface area contributed by atoms with Crippen LogP contribution in [0.15, 0.2) is 41.3 Å². The third-order valence-corrected chi connectivity index (χ3v) is 5.94. The Kier molecular flexibility index (Phi) is 9.85. The Labute approximate surface area is 193 Å². The van der Waals surface area contributed by atoms with Crippen LogP contribution in [0, 0.1) is 12.7 Å². The molecule has 34 heavy (non-hydrogen) atoms. The van der Waals surface area contributed by atoms with Crippen LogP contribution in [0.2, 0.25) is 0 Å². The second-order valence-corrected chi connectivity index (χ2v) is 8.78. The number of carboxylic acids is 2. The van der Waals surface area contributed by atoms with Crippen molar-refractivity contribution in [1.82, 2.24) is 0 Å². The average Bonchev–Trinajstić information content (AvgIpc) is 2.73. The standard InChI is InChI=1S/C19H23FN2O4S.C2HF3O2/c1-4-5-10-22(3)17-9-8-15(12-16(17)19(23)24)21-27(25,26)18-11-14(20)7-6-13(18)2;3-2(4,5)1(6)7/h6-9,11-12,21H,4-5,10H2,1-3H3,(H,23,24);(H,6,7). The summed E-state index contributed by atoms with van der Waals surface area (Å²) in [7, 11) is -2.26. The predicted molar refractivity (Wildman–Crippen MR) is 117 cm³/mol. The molecule has 13 heteroatoms. The molecule has 0 aliphatic heterocycles. The Bertz CT molecular complexity index is 1140. The highest BCUT2D eigenvalue weighted by atomic mass is 32.2. The number of carboxylic acid groups (broad SMARTS) is 2. The largest absolute Gasteiger partial charge is 0.490 e. The SMILES string of the molecule is CCCCN(C)c1ccc(NS(=O)(=O)c2cc(F)ccc2C)cc1C(=O)O.O=C(O)C(F)(F)F. The molecule has 0 aliphatic carbocycles. The number of anilines is 2. The van der Waals surface area contributed by atoms with Gasteiger partial charge in [0, 0.05) is 19.3 Å². The number of sulfonamides is 1. The summed E-state index contributed by atoms with van der Waals surface area (Å²) in [5, 5.41) is 16.6. The quantitative estimate of drug-likeness (QED) is 0.449. The number of benzene rings is 2. The Morgan fingerprint density at radius 1 is 1.09 bits per heavy atom. The van der Waals surface area contributed by atoms with Crippen LogP contribution in [-0.4, -0.2) is 50.3 Å². The summed E-state index contributed by atoms with van der Waals surface area (Å²) in [4.78, 5) is 22.2. The van der Waals surface area contributed by atoms with E-state index >= 15 is 0 Å². The Hall–Kier alpha value is -3.35. The molecule has 0 atom stereocenters. The van der Waals surface area contributed by atoms with Gasteiger partial charge in [0.2, 0.25) is 0 Å². The van der Waals surface area contributed by atoms with E-state index in [1.165, 1.54) is 24.3 Å². The first-order valence-electron chi connectivity index (χ1n) is 9.77. The normalized spacial score (nSPS) is 11.3. The summed E-state index contributed by atoms with van der Waals surface area (Å²) in [6, 6.07) is 7.82. The number of aliphatic carboxylic acids is 1. The van der Waals surface area contributed by atoms with Crippen molar-refractivity contribution < 1.29 is 45.8 Å². The second-order valence-electron chi connectivity index (χ2n) is 7.13. The molecule has 0 aliphatic rings. The molecule has 0 fully saturated rings. The molecule has 0 radical (unpaired) electrons. The fourth-order valence-corrected chi connectivity index (χ4v) is 4.00. The van der Waals surface area contributed by atoms with Crippen LogP contribution in [0.25, 0.3) is 0 Å². The molecule has 0 heterocycles. The fraction of sp³-hybridized carbons (Fsp3) is 0.333. The highest BCUT2D eigenvalue weighted by Crippen LogP contribution is 2.26. The Morgan fingerprint density at radius 2 is 1.68 bits per heavy atom. The van der Waals surface area contributed by atoms with Crippen LogP contribution in [0.3, 0.4) is 0 Å². The van der Waals surface area contributed by atoms with Crippen molar-refractivity contribution in [2.75, 3.05) is 23.2 Å². The van der Waals surface area contributed by atoms with Crippen LogP contribution in [0.5, 0.6) is 0 Å². The number of carbonyl (C=O) groups is 2. The number of unbranched alkanes of at least 4 members (excludes halogenated alkanes) is 1. The van der Waals surface area contributed by atoms with Gasteiger partial charge in [0.25, 0.3) is 10.0 Å². The molecular formula is C21H24F4N2O6S. The van der Waals surface area contributed by atoms with Gasteiger partial charge in [0.05, 0.1) is 16.1 Å². The molecule has 188 valence electrons. The van der Waals surface area contributed by atoms with Crippen molar-refractivity contribution in [2.24, 2.45) is 0 Å². The summed E-state index contributed by atoms with van der Waals surface area (Å²) < 4.78 is 72.7. The fourth-order valence-electron chi connectivity index (χ4n) is 2.69. The van der Waals surface area contributed by atoms with Gasteiger partial charge < -0.3 is 15.1 Å². The molecule has 3 N–H and O–H groups in total. The summed E-state index contributed by atoms with van der Waals surface area (Å²) in [6.07, 6.45) is -3.21. The van der Waals surface area contributed by atoms with Crippen LogP contribution in [0.4, 0.5) is 28.9 Å². The summed E-state index contributed by atoms with van der Waals surface area (Å²) in [5.74, 6) is -4.58. The first kappa shape index (κ1) is 28.7. The highest BCUT2D eigenvalue weighted by Gasteiger charge is 2.38. The van der Waals surface area contributed by atoms with Crippen molar-refractivity contribution in [3.63, 3.8) is 0 Å². The van der Waals surface area contributed by atoms with E-state index in [2.05, 4.69) is 4.72 Å². The van der Waals surface area contributed by atoms with Crippen molar-refractivity contribution in [1.29, 1.82) is 0 Å². The molecule has 0 amide bonds. The summed E-state index contributed by atoms with van der Waals surface area (Å²) in [6.45, 7) is 4.28. The zero-order chi connectivity index (χ0) is 26.3. The summed E-state index contributed by atoms with van der Waals surface area (Å²) >= 11 is 0. The maximum atomic E-state index is 13.5. The van der Waals surface area contributed by atoms with E-state index in [0.717, 1.165) is 18.9 Å². The minimum absolute atomic E-state index is 0.00947. The van der Waals surface area contributed by atoms with E-state index in [0.29, 0.717) is 17.8 Å². The first-order valence-corrected chi connectivity index (χ1v) is 11.3. The van der Waals surface area contributed by atoms with Gasteiger partial charge in [-0.15, -0.1) is 0 Å². The number of aryl methyl sites for hydroxylation is 1. The Balaban J connectivity index is 0.000000718. The van der Waals surface area contributed by atoms with E-state index in [1.54, 1.807) is 20.0 Å². The van der Waals surface area contributed by atoms with Gasteiger partial charge in [-0.2, -0.15) is 13.2 Å². The van der Waals surface area contributed by atoms with E-state index in [1.807, 2.05) is 11.8 Å². The molecule has 0 spiro atoms. The van der Waals surface area contributed by atoms with Gasteiger partial charge in [-0.05, 0) is 49.2 Å². The third-order valence-electron chi connectivity index (χ3n) is 4.42. The first-order chi connectivity index (χ1) is 15.6. The number of alkyl halides is 3. The lowest BCUT2D eigenvalue weighted by Crippen LogP contribution is -2.21. The lowest BCUT2D eigenvalue weighted by Gasteiger charge is -2.21. The number of rotatable bonds is 8. The lowest BCUT2D eigenvalue weighted by atomic mass is 10.1. The molecule has 2 aromatic rings. The molecule has 0 saturated carbocycles. The van der Waals surface area contributed by atoms with E-state index < -0.39 is 34.0 Å². The highest BCUT2D eigenvalue weighted by molar-refractivity contribution is 7.92. The zero-order valence-corrected chi connectivity index (χ0v) is 19.3.